The molecule has 3 heteroatoms. The first-order chi connectivity index (χ1) is 6.55. The molecular weight excluding hydrogens is 256 g/mol. The highest BCUT2D eigenvalue weighted by atomic mass is 79.9. The van der Waals surface area contributed by atoms with E-state index >= 15 is 0 Å². The first-order valence-electron chi connectivity index (χ1n) is 5.25. The van der Waals surface area contributed by atoms with Crippen LogP contribution in [0.2, 0.25) is 13.1 Å². The zero-order valence-corrected chi connectivity index (χ0v) is 12.1. The lowest BCUT2D eigenvalue weighted by molar-refractivity contribution is 0.235. The van der Waals surface area contributed by atoms with Gasteiger partial charge in [-0.3, -0.25) is 0 Å². The Kier molecular flexibility index (Phi) is 7.62. The molecule has 0 heterocycles. The first kappa shape index (κ1) is 14.2. The summed E-state index contributed by atoms with van der Waals surface area (Å²) in [5.74, 6) is 2.74. The van der Waals surface area contributed by atoms with Gasteiger partial charge in [0.15, 0.2) is 8.32 Å². The van der Waals surface area contributed by atoms with E-state index in [4.69, 9.17) is 10.8 Å². The maximum atomic E-state index is 5.94. The highest BCUT2D eigenvalue weighted by Crippen LogP contribution is 2.14. The van der Waals surface area contributed by atoms with E-state index in [0.717, 1.165) is 11.4 Å². The maximum absolute atomic E-state index is 5.94. The molecule has 0 saturated carbocycles. The van der Waals surface area contributed by atoms with Gasteiger partial charge in [0.25, 0.3) is 0 Å². The summed E-state index contributed by atoms with van der Waals surface area (Å²) in [7, 11) is -1.55. The Balaban J connectivity index is 3.86. The Morgan fingerprint density at radius 2 is 2.07 bits per heavy atom. The minimum absolute atomic E-state index is 0.0285. The molecule has 0 aliphatic rings. The summed E-state index contributed by atoms with van der Waals surface area (Å²) in [5, 5.41) is 0. The number of halogens is 1. The average molecular weight is 277 g/mol. The second-order valence-electron chi connectivity index (χ2n) is 4.16. The van der Waals surface area contributed by atoms with Gasteiger partial charge in [0.2, 0.25) is 0 Å². The van der Waals surface area contributed by atoms with Crippen molar-refractivity contribution < 1.29 is 4.43 Å². The molecule has 0 saturated heterocycles. The molecule has 0 bridgehead atoms. The van der Waals surface area contributed by atoms with E-state index in [1.165, 1.54) is 19.3 Å². The van der Waals surface area contributed by atoms with Crippen LogP contribution in [0.5, 0.6) is 0 Å². The Labute approximate surface area is 97.9 Å². The molecule has 0 rings (SSSR count). The van der Waals surface area contributed by atoms with Crippen LogP contribution in [0.25, 0.3) is 0 Å². The summed E-state index contributed by atoms with van der Waals surface area (Å²) < 4.78 is 5.94. The first-order valence-corrected chi connectivity index (χ1v) is 9.49. The van der Waals surface area contributed by atoms with Crippen molar-refractivity contribution in [2.24, 2.45) is 0 Å². The van der Waals surface area contributed by atoms with Gasteiger partial charge in [0, 0.05) is 4.95 Å². The molecule has 0 aromatic carbocycles. The van der Waals surface area contributed by atoms with Crippen LogP contribution in [0.3, 0.4) is 0 Å². The summed E-state index contributed by atoms with van der Waals surface area (Å²) in [5.41, 5.74) is 0. The molecule has 82 valence electrons. The molecule has 0 fully saturated rings. The smallest absolute Gasteiger partial charge is 0.198 e. The van der Waals surface area contributed by atoms with Gasteiger partial charge in [-0.2, -0.15) is 0 Å². The molecule has 1 unspecified atom stereocenters. The van der Waals surface area contributed by atoms with Gasteiger partial charge in [-0.1, -0.05) is 41.6 Å². The summed E-state index contributed by atoms with van der Waals surface area (Å²) in [4.78, 5) is 0.950. The largest absolute Gasteiger partial charge is 0.403 e. The standard InChI is InChI=1S/C11H21BrOSi/c1-5-7-8-9-11(6-2)13-14(3,4)10-12/h2,11H,5,7-10H2,1,3-4H3. The fourth-order valence-corrected chi connectivity index (χ4v) is 2.59. The molecule has 0 aromatic rings. The SMILES string of the molecule is C#CC(CCCCC)O[Si](C)(C)CBr. The topological polar surface area (TPSA) is 9.23 Å². The minimum atomic E-state index is -1.55. The molecule has 0 radical (unpaired) electrons. The molecule has 0 amide bonds. The van der Waals surface area contributed by atoms with Crippen molar-refractivity contribution in [2.75, 3.05) is 4.95 Å². The lowest BCUT2D eigenvalue weighted by Crippen LogP contribution is -2.37. The molecule has 0 aliphatic heterocycles. The van der Waals surface area contributed by atoms with Gasteiger partial charge in [-0.25, -0.2) is 0 Å². The van der Waals surface area contributed by atoms with Gasteiger partial charge in [-0.15, -0.1) is 6.42 Å². The van der Waals surface area contributed by atoms with Crippen LogP contribution in [0.4, 0.5) is 0 Å². The predicted molar refractivity (Wildman–Crippen MR) is 69.1 cm³/mol. The number of unbranched alkanes of at least 4 members (excludes halogenated alkanes) is 2. The van der Waals surface area contributed by atoms with Crippen LogP contribution >= 0.6 is 15.9 Å². The average Bonchev–Trinajstić information content (AvgIpc) is 2.16. The van der Waals surface area contributed by atoms with Crippen LogP contribution in [-0.4, -0.2) is 19.4 Å². The number of alkyl halides is 1. The van der Waals surface area contributed by atoms with E-state index in [0.29, 0.717) is 0 Å². The van der Waals surface area contributed by atoms with Gasteiger partial charge in [0.05, 0.1) is 0 Å². The van der Waals surface area contributed by atoms with Gasteiger partial charge >= 0.3 is 0 Å². The summed E-state index contributed by atoms with van der Waals surface area (Å²) in [6.07, 6.45) is 10.1. The van der Waals surface area contributed by atoms with Gasteiger partial charge in [0.1, 0.15) is 6.10 Å². The second kappa shape index (κ2) is 7.50. The zero-order chi connectivity index (χ0) is 11.0. The van der Waals surface area contributed by atoms with Crippen molar-refractivity contribution in [1.82, 2.24) is 0 Å². The number of terminal acetylenes is 1. The molecule has 0 aromatic heterocycles. The Bertz CT molecular complexity index is 186. The summed E-state index contributed by atoms with van der Waals surface area (Å²) in [6, 6.07) is 0. The highest BCUT2D eigenvalue weighted by molar-refractivity contribution is 9.09. The van der Waals surface area contributed by atoms with E-state index in [9.17, 15) is 0 Å². The van der Waals surface area contributed by atoms with Gasteiger partial charge < -0.3 is 4.43 Å². The monoisotopic (exact) mass is 276 g/mol. The van der Waals surface area contributed by atoms with Crippen molar-refractivity contribution in [3.8, 4) is 12.3 Å². The molecule has 1 atom stereocenters. The van der Waals surface area contributed by atoms with Crippen LogP contribution in [0, 0.1) is 12.3 Å². The highest BCUT2D eigenvalue weighted by Gasteiger charge is 2.24. The Morgan fingerprint density at radius 3 is 2.50 bits per heavy atom. The minimum Gasteiger partial charge on any atom is -0.403 e. The van der Waals surface area contributed by atoms with Crippen molar-refractivity contribution in [3.63, 3.8) is 0 Å². The van der Waals surface area contributed by atoms with E-state index in [1.807, 2.05) is 0 Å². The van der Waals surface area contributed by atoms with E-state index < -0.39 is 8.32 Å². The number of hydrogen-bond acceptors (Lipinski definition) is 1. The maximum Gasteiger partial charge on any atom is 0.198 e. The van der Waals surface area contributed by atoms with Crippen molar-refractivity contribution in [3.05, 3.63) is 0 Å². The lowest BCUT2D eigenvalue weighted by Gasteiger charge is -2.24. The van der Waals surface area contributed by atoms with Crippen molar-refractivity contribution >= 4 is 24.2 Å². The normalized spacial score (nSPS) is 13.6. The predicted octanol–water partition coefficient (Wildman–Crippen LogP) is 3.72. The van der Waals surface area contributed by atoms with E-state index in [-0.39, 0.29) is 6.10 Å². The second-order valence-corrected chi connectivity index (χ2v) is 9.87. The Morgan fingerprint density at radius 1 is 1.43 bits per heavy atom. The van der Waals surface area contributed by atoms with Gasteiger partial charge in [-0.05, 0) is 25.9 Å². The third-order valence-electron chi connectivity index (χ3n) is 2.04. The van der Waals surface area contributed by atoms with E-state index in [1.54, 1.807) is 0 Å². The van der Waals surface area contributed by atoms with Crippen LogP contribution in [0.1, 0.15) is 32.6 Å². The van der Waals surface area contributed by atoms with Crippen molar-refractivity contribution in [1.29, 1.82) is 0 Å². The van der Waals surface area contributed by atoms with E-state index in [2.05, 4.69) is 41.9 Å². The quantitative estimate of drug-likeness (QED) is 0.298. The van der Waals surface area contributed by atoms with Crippen LogP contribution in [-0.2, 0) is 4.43 Å². The molecule has 1 nitrogen and oxygen atoms in total. The van der Waals surface area contributed by atoms with Crippen molar-refractivity contribution in [2.45, 2.75) is 51.8 Å². The molecule has 14 heavy (non-hydrogen) atoms. The van der Waals surface area contributed by atoms with Crippen LogP contribution in [0.15, 0.2) is 0 Å². The van der Waals surface area contributed by atoms with Crippen LogP contribution < -0.4 is 0 Å². The third kappa shape index (κ3) is 6.64. The number of rotatable bonds is 7. The summed E-state index contributed by atoms with van der Waals surface area (Å²) in [6.45, 7) is 6.57. The molecule has 0 aliphatic carbocycles. The third-order valence-corrected chi connectivity index (χ3v) is 7.66. The fourth-order valence-electron chi connectivity index (χ4n) is 1.17. The fraction of sp³-hybridized carbons (Fsp3) is 0.818. The number of hydrogen-bond donors (Lipinski definition) is 0. The summed E-state index contributed by atoms with van der Waals surface area (Å²) >= 11 is 3.48. The molecule has 0 spiro atoms. The zero-order valence-electron chi connectivity index (χ0n) is 9.48. The Hall–Kier alpha value is 0.217. The molecular formula is C11H21BrOSi. The molecule has 0 N–H and O–H groups in total. The lowest BCUT2D eigenvalue weighted by atomic mass is 10.1.